The Labute approximate surface area is 114 Å². The van der Waals surface area contributed by atoms with Gasteiger partial charge in [0.1, 0.15) is 5.82 Å². The third-order valence-corrected chi connectivity index (χ3v) is 3.87. The fourth-order valence-corrected chi connectivity index (χ4v) is 2.48. The zero-order valence-corrected chi connectivity index (χ0v) is 12.1. The van der Waals surface area contributed by atoms with E-state index < -0.39 is 0 Å². The maximum Gasteiger partial charge on any atom is 0.123 e. The van der Waals surface area contributed by atoms with Crippen molar-refractivity contribution >= 4 is 11.8 Å². The first-order valence-corrected chi connectivity index (χ1v) is 7.56. The Morgan fingerprint density at radius 3 is 2.39 bits per heavy atom. The van der Waals surface area contributed by atoms with Gasteiger partial charge in [-0.3, -0.25) is 0 Å². The van der Waals surface area contributed by atoms with Crippen molar-refractivity contribution in [2.45, 2.75) is 18.7 Å². The molecular weight excluding hydrogens is 247 g/mol. The van der Waals surface area contributed by atoms with Crippen molar-refractivity contribution in [3.63, 3.8) is 0 Å². The van der Waals surface area contributed by atoms with Gasteiger partial charge in [-0.1, -0.05) is 13.8 Å². The monoisotopic (exact) mass is 270 g/mol. The third-order valence-electron chi connectivity index (χ3n) is 2.86. The number of nitrogens with one attached hydrogen (secondary N) is 1. The first-order valence-electron chi connectivity index (χ1n) is 6.57. The molecule has 0 bridgehead atoms. The van der Waals surface area contributed by atoms with Crippen LogP contribution in [0.1, 0.15) is 13.8 Å². The lowest BCUT2D eigenvalue weighted by molar-refractivity contribution is 0.303. The Morgan fingerprint density at radius 1 is 1.11 bits per heavy atom. The van der Waals surface area contributed by atoms with Crippen LogP contribution in [0.4, 0.5) is 4.39 Å². The molecule has 1 aromatic rings. The summed E-state index contributed by atoms with van der Waals surface area (Å²) in [5.74, 6) is 0.848. The fourth-order valence-electron chi connectivity index (χ4n) is 1.67. The van der Waals surface area contributed by atoms with Crippen molar-refractivity contribution in [2.24, 2.45) is 0 Å². The van der Waals surface area contributed by atoms with Crippen molar-refractivity contribution in [2.75, 3.05) is 38.5 Å². The van der Waals surface area contributed by atoms with Crippen molar-refractivity contribution in [1.29, 1.82) is 0 Å². The molecule has 1 aromatic carbocycles. The van der Waals surface area contributed by atoms with Crippen LogP contribution in [0.3, 0.4) is 0 Å². The Balaban J connectivity index is 2.03. The molecule has 0 amide bonds. The van der Waals surface area contributed by atoms with Crippen molar-refractivity contribution in [1.82, 2.24) is 10.2 Å². The standard InChI is InChI=1S/C14H23FN2S/c1-3-17(4-2)11-9-16-10-12-18-14-7-5-13(15)6-8-14/h5-8,16H,3-4,9-12H2,1-2H3. The van der Waals surface area contributed by atoms with E-state index in [9.17, 15) is 4.39 Å². The largest absolute Gasteiger partial charge is 0.315 e. The summed E-state index contributed by atoms with van der Waals surface area (Å²) in [7, 11) is 0. The summed E-state index contributed by atoms with van der Waals surface area (Å²) in [4.78, 5) is 3.53. The molecule has 0 aliphatic rings. The van der Waals surface area contributed by atoms with Gasteiger partial charge in [-0.05, 0) is 37.4 Å². The first kappa shape index (κ1) is 15.5. The third kappa shape index (κ3) is 6.38. The highest BCUT2D eigenvalue weighted by Crippen LogP contribution is 2.16. The number of thioether (sulfide) groups is 1. The van der Waals surface area contributed by atoms with Crippen LogP contribution in [-0.4, -0.2) is 43.4 Å². The molecule has 0 unspecified atom stereocenters. The quantitative estimate of drug-likeness (QED) is 0.549. The maximum atomic E-state index is 12.7. The highest BCUT2D eigenvalue weighted by atomic mass is 32.2. The molecule has 0 aliphatic heterocycles. The molecule has 0 spiro atoms. The average Bonchev–Trinajstić information content (AvgIpc) is 2.40. The lowest BCUT2D eigenvalue weighted by Crippen LogP contribution is -2.32. The van der Waals surface area contributed by atoms with Gasteiger partial charge in [-0.15, -0.1) is 11.8 Å². The van der Waals surface area contributed by atoms with E-state index in [2.05, 4.69) is 24.1 Å². The molecule has 0 radical (unpaired) electrons. The highest BCUT2D eigenvalue weighted by Gasteiger charge is 1.98. The van der Waals surface area contributed by atoms with Crippen molar-refractivity contribution < 1.29 is 4.39 Å². The van der Waals surface area contributed by atoms with Gasteiger partial charge in [0.15, 0.2) is 0 Å². The van der Waals surface area contributed by atoms with E-state index in [4.69, 9.17) is 0 Å². The van der Waals surface area contributed by atoms with E-state index in [0.29, 0.717) is 0 Å². The van der Waals surface area contributed by atoms with Crippen LogP contribution >= 0.6 is 11.8 Å². The number of hydrogen-bond acceptors (Lipinski definition) is 3. The lowest BCUT2D eigenvalue weighted by atomic mass is 10.4. The molecule has 102 valence electrons. The SMILES string of the molecule is CCN(CC)CCNCCSc1ccc(F)cc1. The second-order valence-electron chi connectivity index (χ2n) is 4.08. The molecule has 0 heterocycles. The second-order valence-corrected chi connectivity index (χ2v) is 5.25. The Morgan fingerprint density at radius 2 is 1.78 bits per heavy atom. The van der Waals surface area contributed by atoms with Gasteiger partial charge in [0.25, 0.3) is 0 Å². The van der Waals surface area contributed by atoms with E-state index in [-0.39, 0.29) is 5.82 Å². The fraction of sp³-hybridized carbons (Fsp3) is 0.571. The number of benzene rings is 1. The maximum absolute atomic E-state index is 12.7. The zero-order valence-electron chi connectivity index (χ0n) is 11.3. The number of halogens is 1. The van der Waals surface area contributed by atoms with Crippen LogP contribution in [0.2, 0.25) is 0 Å². The Hall–Kier alpha value is -0.580. The number of nitrogens with zero attached hydrogens (tertiary/aromatic N) is 1. The minimum absolute atomic E-state index is 0.170. The van der Waals surface area contributed by atoms with Gasteiger partial charge in [-0.25, -0.2) is 4.39 Å². The summed E-state index contributed by atoms with van der Waals surface area (Å²) < 4.78 is 12.7. The van der Waals surface area contributed by atoms with Crippen LogP contribution in [0.25, 0.3) is 0 Å². The second kappa shape index (κ2) is 9.36. The molecule has 0 saturated carbocycles. The highest BCUT2D eigenvalue weighted by molar-refractivity contribution is 7.99. The molecule has 0 atom stereocenters. The lowest BCUT2D eigenvalue weighted by Gasteiger charge is -2.17. The minimum Gasteiger partial charge on any atom is -0.315 e. The summed E-state index contributed by atoms with van der Waals surface area (Å²) in [6, 6.07) is 6.68. The molecule has 0 fully saturated rings. The smallest absolute Gasteiger partial charge is 0.123 e. The predicted molar refractivity (Wildman–Crippen MR) is 77.8 cm³/mol. The molecule has 0 aromatic heterocycles. The predicted octanol–water partition coefficient (Wildman–Crippen LogP) is 2.85. The van der Waals surface area contributed by atoms with Gasteiger partial charge in [0, 0.05) is 30.3 Å². The van der Waals surface area contributed by atoms with E-state index in [1.165, 1.54) is 12.1 Å². The number of likely N-dealkylation sites (N-methyl/N-ethyl adjacent to an activating group) is 1. The summed E-state index contributed by atoms with van der Waals surface area (Å²) in [6.45, 7) is 9.73. The van der Waals surface area contributed by atoms with Crippen LogP contribution in [-0.2, 0) is 0 Å². The molecule has 2 nitrogen and oxygen atoms in total. The topological polar surface area (TPSA) is 15.3 Å². The zero-order chi connectivity index (χ0) is 13.2. The van der Waals surface area contributed by atoms with Crippen molar-refractivity contribution in [3.8, 4) is 0 Å². The van der Waals surface area contributed by atoms with Crippen LogP contribution in [0.5, 0.6) is 0 Å². The molecular formula is C14H23FN2S. The molecule has 0 aliphatic carbocycles. The van der Waals surface area contributed by atoms with E-state index in [1.807, 2.05) is 12.1 Å². The van der Waals surface area contributed by atoms with Crippen LogP contribution in [0, 0.1) is 5.82 Å². The average molecular weight is 270 g/mol. The summed E-state index contributed by atoms with van der Waals surface area (Å²) >= 11 is 1.76. The van der Waals surface area contributed by atoms with E-state index >= 15 is 0 Å². The Bertz CT molecular complexity index is 312. The van der Waals surface area contributed by atoms with E-state index in [1.54, 1.807) is 11.8 Å². The van der Waals surface area contributed by atoms with Gasteiger partial charge in [0.05, 0.1) is 0 Å². The van der Waals surface area contributed by atoms with Crippen LogP contribution < -0.4 is 5.32 Å². The van der Waals surface area contributed by atoms with Gasteiger partial charge >= 0.3 is 0 Å². The summed E-state index contributed by atoms with van der Waals surface area (Å²) in [6.07, 6.45) is 0. The molecule has 1 rings (SSSR count). The van der Waals surface area contributed by atoms with Gasteiger partial charge in [-0.2, -0.15) is 0 Å². The normalized spacial score (nSPS) is 11.1. The van der Waals surface area contributed by atoms with Gasteiger partial charge < -0.3 is 10.2 Å². The minimum atomic E-state index is -0.170. The molecule has 0 saturated heterocycles. The van der Waals surface area contributed by atoms with E-state index in [0.717, 1.165) is 43.4 Å². The van der Waals surface area contributed by atoms with Crippen LogP contribution in [0.15, 0.2) is 29.2 Å². The summed E-state index contributed by atoms with van der Waals surface area (Å²) in [5.41, 5.74) is 0. The first-order chi connectivity index (χ1) is 8.76. The summed E-state index contributed by atoms with van der Waals surface area (Å²) in [5, 5.41) is 3.43. The molecule has 18 heavy (non-hydrogen) atoms. The van der Waals surface area contributed by atoms with Crippen molar-refractivity contribution in [3.05, 3.63) is 30.1 Å². The van der Waals surface area contributed by atoms with Gasteiger partial charge in [0.2, 0.25) is 0 Å². The molecule has 1 N–H and O–H groups in total. The molecule has 4 heteroatoms. The number of hydrogen-bond donors (Lipinski definition) is 1. The number of rotatable bonds is 9. The Kier molecular flexibility index (Phi) is 8.05.